The zero-order valence-corrected chi connectivity index (χ0v) is 16.5. The zero-order valence-electron chi connectivity index (χ0n) is 15.7. The van der Waals surface area contributed by atoms with Crippen molar-refractivity contribution in [2.24, 2.45) is 11.8 Å². The molecule has 2 bridgehead atoms. The molecule has 3 aliphatic rings. The number of carbonyl (C=O) groups is 3. The molecule has 2 unspecified atom stereocenters. The van der Waals surface area contributed by atoms with Crippen molar-refractivity contribution in [3.05, 3.63) is 0 Å². The maximum atomic E-state index is 13.3. The predicted octanol–water partition coefficient (Wildman–Crippen LogP) is 0.546. The van der Waals surface area contributed by atoms with Crippen molar-refractivity contribution in [1.29, 1.82) is 0 Å². The van der Waals surface area contributed by atoms with Gasteiger partial charge in [-0.3, -0.25) is 14.4 Å². The van der Waals surface area contributed by atoms with Gasteiger partial charge in [-0.15, -0.1) is 11.8 Å². The van der Waals surface area contributed by atoms with E-state index in [0.29, 0.717) is 0 Å². The molecule has 2 amide bonds. The van der Waals surface area contributed by atoms with Gasteiger partial charge in [-0.25, -0.2) is 0 Å². The van der Waals surface area contributed by atoms with Crippen LogP contribution in [0.5, 0.6) is 0 Å². The van der Waals surface area contributed by atoms with Gasteiger partial charge in [0, 0.05) is 11.3 Å². The van der Waals surface area contributed by atoms with Gasteiger partial charge in [0.15, 0.2) is 0 Å². The third kappa shape index (κ3) is 2.72. The van der Waals surface area contributed by atoms with Gasteiger partial charge in [0.05, 0.1) is 35.8 Å². The number of hydrogen-bond donors (Lipinski definition) is 2. The van der Waals surface area contributed by atoms with E-state index in [-0.39, 0.29) is 42.3 Å². The van der Waals surface area contributed by atoms with Gasteiger partial charge in [-0.05, 0) is 40.5 Å². The third-order valence-corrected chi connectivity index (χ3v) is 7.67. The van der Waals surface area contributed by atoms with E-state index in [2.05, 4.69) is 5.32 Å². The number of aliphatic hydroxyl groups excluding tert-OH is 1. The quantitative estimate of drug-likeness (QED) is 0.649. The van der Waals surface area contributed by atoms with Gasteiger partial charge in [-0.1, -0.05) is 0 Å². The Morgan fingerprint density at radius 1 is 1.42 bits per heavy atom. The molecule has 6 atom stereocenters. The number of thioether (sulfide) groups is 1. The molecule has 8 heteroatoms. The second-order valence-corrected chi connectivity index (χ2v) is 9.35. The highest BCUT2D eigenvalue weighted by Gasteiger charge is 2.74. The number of likely N-dealkylation sites (tertiary alicyclic amines) is 1. The lowest BCUT2D eigenvalue weighted by Gasteiger charge is -2.36. The number of esters is 1. The van der Waals surface area contributed by atoms with E-state index >= 15 is 0 Å². The van der Waals surface area contributed by atoms with Crippen LogP contribution in [-0.2, 0) is 19.1 Å². The van der Waals surface area contributed by atoms with Crippen LogP contribution in [0.25, 0.3) is 0 Å². The molecular weight excluding hydrogens is 356 g/mol. The largest absolute Gasteiger partial charge is 0.466 e. The molecule has 2 N–H and O–H groups in total. The number of hydrogen-bond acceptors (Lipinski definition) is 6. The molecule has 0 radical (unpaired) electrons. The number of aliphatic hydroxyl groups is 1. The van der Waals surface area contributed by atoms with E-state index in [4.69, 9.17) is 4.74 Å². The van der Waals surface area contributed by atoms with Crippen molar-refractivity contribution in [2.45, 2.75) is 68.7 Å². The van der Waals surface area contributed by atoms with E-state index in [1.165, 1.54) is 4.90 Å². The summed E-state index contributed by atoms with van der Waals surface area (Å²) in [4.78, 5) is 40.4. The maximum absolute atomic E-state index is 13.3. The summed E-state index contributed by atoms with van der Waals surface area (Å²) in [7, 11) is 0. The van der Waals surface area contributed by atoms with Crippen molar-refractivity contribution in [3.8, 4) is 0 Å². The molecule has 3 rings (SSSR count). The Balaban J connectivity index is 2.02. The van der Waals surface area contributed by atoms with E-state index in [9.17, 15) is 19.5 Å². The fourth-order valence-corrected chi connectivity index (χ4v) is 7.02. The van der Waals surface area contributed by atoms with Crippen LogP contribution in [0.3, 0.4) is 0 Å². The predicted molar refractivity (Wildman–Crippen MR) is 97.4 cm³/mol. The van der Waals surface area contributed by atoms with Crippen LogP contribution in [0, 0.1) is 11.8 Å². The van der Waals surface area contributed by atoms with Gasteiger partial charge < -0.3 is 20.1 Å². The van der Waals surface area contributed by atoms with Crippen LogP contribution in [0.1, 0.15) is 40.5 Å². The molecule has 3 saturated heterocycles. The molecule has 3 fully saturated rings. The van der Waals surface area contributed by atoms with E-state index in [1.54, 1.807) is 25.6 Å². The summed E-state index contributed by atoms with van der Waals surface area (Å²) < 4.78 is 4.63. The van der Waals surface area contributed by atoms with Crippen molar-refractivity contribution in [1.82, 2.24) is 10.2 Å². The Labute approximate surface area is 158 Å². The first-order valence-electron chi connectivity index (χ1n) is 9.36. The number of amides is 2. The van der Waals surface area contributed by atoms with Crippen molar-refractivity contribution < 1.29 is 24.2 Å². The standard InChI is InChI=1S/C18H28N2O5S/c1-5-25-17(24)12-11-6-7-18(26-11)13(12)16(23)20(10(4)8-21)14(18)15(22)19-9(2)3/h9-14,21H,5-8H2,1-4H3,(H,19,22)/t10-,11-,12+,13+,14?,18?/m1/s1. The summed E-state index contributed by atoms with van der Waals surface area (Å²) in [5.41, 5.74) is 0. The molecule has 0 aromatic heterocycles. The zero-order chi connectivity index (χ0) is 19.2. The number of ether oxygens (including phenoxy) is 1. The minimum Gasteiger partial charge on any atom is -0.466 e. The first-order valence-corrected chi connectivity index (χ1v) is 10.2. The lowest BCUT2D eigenvalue weighted by molar-refractivity contribution is -0.154. The fourth-order valence-electron chi connectivity index (χ4n) is 4.82. The highest BCUT2D eigenvalue weighted by molar-refractivity contribution is 8.02. The Morgan fingerprint density at radius 2 is 2.12 bits per heavy atom. The van der Waals surface area contributed by atoms with E-state index in [1.807, 2.05) is 13.8 Å². The van der Waals surface area contributed by atoms with E-state index in [0.717, 1.165) is 12.8 Å². The molecule has 146 valence electrons. The summed E-state index contributed by atoms with van der Waals surface area (Å²) in [6.07, 6.45) is 1.52. The monoisotopic (exact) mass is 384 g/mol. The first-order chi connectivity index (χ1) is 12.3. The molecular formula is C18H28N2O5S. The Hall–Kier alpha value is -1.28. The molecule has 0 aromatic carbocycles. The van der Waals surface area contributed by atoms with Gasteiger partial charge >= 0.3 is 5.97 Å². The van der Waals surface area contributed by atoms with Crippen molar-refractivity contribution >= 4 is 29.5 Å². The second kappa shape index (κ2) is 7.03. The van der Waals surface area contributed by atoms with Crippen LogP contribution in [-0.4, -0.2) is 69.1 Å². The van der Waals surface area contributed by atoms with Crippen molar-refractivity contribution in [3.63, 3.8) is 0 Å². The SMILES string of the molecule is CCOC(=O)[C@@H]1[C@H]2C(=O)N([C@H](C)CO)C(C(=O)NC(C)C)C23CC[C@H]1S3. The van der Waals surface area contributed by atoms with Gasteiger partial charge in [0.25, 0.3) is 0 Å². The minimum atomic E-state index is -0.668. The highest BCUT2D eigenvalue weighted by atomic mass is 32.2. The molecule has 0 saturated carbocycles. The third-order valence-electron chi connectivity index (χ3n) is 5.72. The number of carbonyl (C=O) groups excluding carboxylic acids is 3. The Kier molecular flexibility index (Phi) is 5.27. The van der Waals surface area contributed by atoms with Gasteiger partial charge in [-0.2, -0.15) is 0 Å². The first kappa shape index (κ1) is 19.5. The number of fused-ring (bicyclic) bond motifs is 1. The number of rotatable bonds is 6. The van der Waals surface area contributed by atoms with Crippen LogP contribution in [0.2, 0.25) is 0 Å². The summed E-state index contributed by atoms with van der Waals surface area (Å²) in [6.45, 7) is 7.30. The average Bonchev–Trinajstić information content (AvgIpc) is 3.21. The molecule has 1 spiro atoms. The molecule has 3 aliphatic heterocycles. The summed E-state index contributed by atoms with van der Waals surface area (Å²) in [6, 6.07) is -1.20. The average molecular weight is 384 g/mol. The molecule has 0 aromatic rings. The molecule has 0 aliphatic carbocycles. The van der Waals surface area contributed by atoms with Crippen LogP contribution in [0.15, 0.2) is 0 Å². The maximum Gasteiger partial charge on any atom is 0.310 e. The fraction of sp³-hybridized carbons (Fsp3) is 0.833. The van der Waals surface area contributed by atoms with Crippen molar-refractivity contribution in [2.75, 3.05) is 13.2 Å². The molecule has 26 heavy (non-hydrogen) atoms. The normalized spacial score (nSPS) is 36.4. The lowest BCUT2D eigenvalue weighted by Crippen LogP contribution is -2.56. The topological polar surface area (TPSA) is 95.9 Å². The Morgan fingerprint density at radius 3 is 2.69 bits per heavy atom. The van der Waals surface area contributed by atoms with Gasteiger partial charge in [0.2, 0.25) is 11.8 Å². The minimum absolute atomic E-state index is 0.0175. The van der Waals surface area contributed by atoms with Crippen LogP contribution in [0.4, 0.5) is 0 Å². The lowest BCUT2D eigenvalue weighted by atomic mass is 9.71. The van der Waals surface area contributed by atoms with Gasteiger partial charge in [0.1, 0.15) is 6.04 Å². The summed E-state index contributed by atoms with van der Waals surface area (Å²) in [5.74, 6) is -1.81. The number of nitrogens with one attached hydrogen (secondary N) is 1. The molecule has 7 nitrogen and oxygen atoms in total. The summed E-state index contributed by atoms with van der Waals surface area (Å²) in [5, 5.41) is 12.6. The summed E-state index contributed by atoms with van der Waals surface area (Å²) >= 11 is 1.60. The highest BCUT2D eigenvalue weighted by Crippen LogP contribution is 2.66. The second-order valence-electron chi connectivity index (χ2n) is 7.75. The Bertz CT molecular complexity index is 612. The molecule has 3 heterocycles. The van der Waals surface area contributed by atoms with Crippen LogP contribution >= 0.6 is 11.8 Å². The number of nitrogens with zero attached hydrogens (tertiary/aromatic N) is 1. The van der Waals surface area contributed by atoms with Crippen LogP contribution < -0.4 is 5.32 Å². The van der Waals surface area contributed by atoms with E-state index < -0.39 is 28.7 Å². The smallest absolute Gasteiger partial charge is 0.310 e.